The summed E-state index contributed by atoms with van der Waals surface area (Å²) in [7, 11) is 0. The van der Waals surface area contributed by atoms with Gasteiger partial charge in [0, 0.05) is 30.8 Å². The van der Waals surface area contributed by atoms with Gasteiger partial charge in [-0.05, 0) is 19.9 Å². The Morgan fingerprint density at radius 3 is 2.89 bits per heavy atom. The molecule has 2 rings (SSSR count). The number of nitro benzene ring substituents is 1. The maximum absolute atomic E-state index is 14.0. The van der Waals surface area contributed by atoms with E-state index in [0.29, 0.717) is 12.2 Å². The Balaban J connectivity index is 2.19. The van der Waals surface area contributed by atoms with Crippen LogP contribution in [0.25, 0.3) is 0 Å². The van der Waals surface area contributed by atoms with Gasteiger partial charge >= 0.3 is 0 Å². The molecule has 1 saturated heterocycles. The lowest BCUT2D eigenvalue weighted by molar-refractivity contribution is -0.385. The van der Waals surface area contributed by atoms with Crippen LogP contribution in [-0.2, 0) is 4.74 Å². The van der Waals surface area contributed by atoms with Crippen LogP contribution in [0, 0.1) is 15.9 Å². The summed E-state index contributed by atoms with van der Waals surface area (Å²) < 4.78 is 19.4. The van der Waals surface area contributed by atoms with Crippen LogP contribution in [0.2, 0.25) is 0 Å². The molecule has 6 heteroatoms. The fourth-order valence-corrected chi connectivity index (χ4v) is 2.36. The van der Waals surface area contributed by atoms with E-state index >= 15 is 0 Å². The van der Waals surface area contributed by atoms with Crippen molar-refractivity contribution in [3.63, 3.8) is 0 Å². The Hall–Kier alpha value is -1.53. The maximum Gasteiger partial charge on any atom is 0.272 e. The van der Waals surface area contributed by atoms with Gasteiger partial charge in [-0.25, -0.2) is 4.39 Å². The van der Waals surface area contributed by atoms with Crippen LogP contribution in [0.15, 0.2) is 18.2 Å². The molecule has 1 aliphatic heterocycles. The van der Waals surface area contributed by atoms with Gasteiger partial charge in [0.25, 0.3) is 5.69 Å². The number of hydrogen-bond acceptors (Lipinski definition) is 4. The SMILES string of the molecule is CC1CN(C(C)c2ccc([N+](=O)[O-])cc2F)CCO1. The number of rotatable bonds is 3. The monoisotopic (exact) mass is 268 g/mol. The van der Waals surface area contributed by atoms with E-state index in [1.54, 1.807) is 0 Å². The van der Waals surface area contributed by atoms with Crippen LogP contribution in [0.3, 0.4) is 0 Å². The predicted molar refractivity (Wildman–Crippen MR) is 68.5 cm³/mol. The fraction of sp³-hybridized carbons (Fsp3) is 0.538. The number of halogens is 1. The van der Waals surface area contributed by atoms with E-state index in [0.717, 1.165) is 19.2 Å². The summed E-state index contributed by atoms with van der Waals surface area (Å²) in [5, 5.41) is 10.6. The first-order chi connectivity index (χ1) is 8.99. The van der Waals surface area contributed by atoms with Crippen molar-refractivity contribution in [2.45, 2.75) is 26.0 Å². The van der Waals surface area contributed by atoms with Crippen molar-refractivity contribution < 1.29 is 14.1 Å². The third-order valence-electron chi connectivity index (χ3n) is 3.47. The molecule has 1 aliphatic rings. The highest BCUT2D eigenvalue weighted by molar-refractivity contribution is 5.35. The van der Waals surface area contributed by atoms with Crippen LogP contribution in [0.1, 0.15) is 25.5 Å². The van der Waals surface area contributed by atoms with Crippen molar-refractivity contribution in [2.75, 3.05) is 19.7 Å². The maximum atomic E-state index is 14.0. The average Bonchev–Trinajstić information content (AvgIpc) is 2.37. The van der Waals surface area contributed by atoms with Gasteiger partial charge in [-0.2, -0.15) is 0 Å². The van der Waals surface area contributed by atoms with Crippen LogP contribution >= 0.6 is 0 Å². The van der Waals surface area contributed by atoms with E-state index in [2.05, 4.69) is 4.90 Å². The van der Waals surface area contributed by atoms with E-state index in [1.807, 2.05) is 13.8 Å². The van der Waals surface area contributed by atoms with E-state index in [-0.39, 0.29) is 17.8 Å². The minimum atomic E-state index is -0.589. The van der Waals surface area contributed by atoms with Crippen LogP contribution in [0.5, 0.6) is 0 Å². The van der Waals surface area contributed by atoms with Gasteiger partial charge < -0.3 is 4.74 Å². The molecule has 1 fully saturated rings. The zero-order valence-electron chi connectivity index (χ0n) is 11.0. The first-order valence-corrected chi connectivity index (χ1v) is 6.28. The Morgan fingerprint density at radius 2 is 2.32 bits per heavy atom. The molecule has 0 aliphatic carbocycles. The van der Waals surface area contributed by atoms with Crippen LogP contribution in [0.4, 0.5) is 10.1 Å². The van der Waals surface area contributed by atoms with Crippen molar-refractivity contribution in [2.24, 2.45) is 0 Å². The largest absolute Gasteiger partial charge is 0.376 e. The lowest BCUT2D eigenvalue weighted by atomic mass is 10.0. The highest BCUT2D eigenvalue weighted by atomic mass is 19.1. The first kappa shape index (κ1) is 13.9. The summed E-state index contributed by atoms with van der Waals surface area (Å²) in [5.41, 5.74) is 0.267. The van der Waals surface area contributed by atoms with E-state index in [9.17, 15) is 14.5 Å². The minimum Gasteiger partial charge on any atom is -0.376 e. The van der Waals surface area contributed by atoms with Gasteiger partial charge in [-0.3, -0.25) is 15.0 Å². The molecular weight excluding hydrogens is 251 g/mol. The highest BCUT2D eigenvalue weighted by Gasteiger charge is 2.25. The molecule has 0 aromatic heterocycles. The minimum absolute atomic E-state index is 0.118. The fourth-order valence-electron chi connectivity index (χ4n) is 2.36. The molecule has 1 aromatic carbocycles. The summed E-state index contributed by atoms with van der Waals surface area (Å²) in [4.78, 5) is 12.1. The lowest BCUT2D eigenvalue weighted by Crippen LogP contribution is -2.42. The Kier molecular flexibility index (Phi) is 4.11. The molecule has 0 amide bonds. The van der Waals surface area contributed by atoms with Crippen molar-refractivity contribution in [3.8, 4) is 0 Å². The van der Waals surface area contributed by atoms with E-state index in [4.69, 9.17) is 4.74 Å². The summed E-state index contributed by atoms with van der Waals surface area (Å²) in [6, 6.07) is 3.71. The zero-order valence-corrected chi connectivity index (χ0v) is 11.0. The number of nitro groups is 1. The number of benzene rings is 1. The second kappa shape index (κ2) is 5.63. The van der Waals surface area contributed by atoms with Crippen molar-refractivity contribution in [1.82, 2.24) is 4.90 Å². The van der Waals surface area contributed by atoms with Crippen molar-refractivity contribution in [3.05, 3.63) is 39.7 Å². The molecule has 2 atom stereocenters. The summed E-state index contributed by atoms with van der Waals surface area (Å²) in [5.74, 6) is -0.527. The molecule has 19 heavy (non-hydrogen) atoms. The van der Waals surface area contributed by atoms with Gasteiger partial charge in [-0.15, -0.1) is 0 Å². The average molecular weight is 268 g/mol. The predicted octanol–water partition coefficient (Wildman–Crippen LogP) is 2.52. The van der Waals surface area contributed by atoms with Crippen LogP contribution < -0.4 is 0 Å². The highest BCUT2D eigenvalue weighted by Crippen LogP contribution is 2.27. The summed E-state index contributed by atoms with van der Waals surface area (Å²) in [6.45, 7) is 5.98. The van der Waals surface area contributed by atoms with E-state index in [1.165, 1.54) is 12.1 Å². The molecule has 2 unspecified atom stereocenters. The Bertz CT molecular complexity index is 481. The standard InChI is InChI=1S/C13H17FN2O3/c1-9-8-15(5-6-19-9)10(2)12-4-3-11(16(17)18)7-13(12)14/h3-4,7,9-10H,5-6,8H2,1-2H3. The van der Waals surface area contributed by atoms with E-state index < -0.39 is 10.7 Å². The number of morpholine rings is 1. The molecule has 0 N–H and O–H groups in total. The number of hydrogen-bond donors (Lipinski definition) is 0. The summed E-state index contributed by atoms with van der Waals surface area (Å²) >= 11 is 0. The molecule has 1 heterocycles. The molecule has 5 nitrogen and oxygen atoms in total. The van der Waals surface area contributed by atoms with Crippen molar-refractivity contribution >= 4 is 5.69 Å². The second-order valence-corrected chi connectivity index (χ2v) is 4.82. The molecule has 0 spiro atoms. The molecular formula is C13H17FN2O3. The van der Waals surface area contributed by atoms with Gasteiger partial charge in [0.2, 0.25) is 0 Å². The zero-order chi connectivity index (χ0) is 14.0. The number of ether oxygens (including phenoxy) is 1. The van der Waals surface area contributed by atoms with Gasteiger partial charge in [0.1, 0.15) is 5.82 Å². The molecule has 1 aromatic rings. The smallest absolute Gasteiger partial charge is 0.272 e. The number of nitrogens with zero attached hydrogens (tertiary/aromatic N) is 2. The topological polar surface area (TPSA) is 55.6 Å². The molecule has 0 bridgehead atoms. The molecule has 0 saturated carbocycles. The number of non-ortho nitro benzene ring substituents is 1. The van der Waals surface area contributed by atoms with Gasteiger partial charge in [0.05, 0.1) is 23.7 Å². The Labute approximate surface area is 111 Å². The molecule has 104 valence electrons. The van der Waals surface area contributed by atoms with Crippen molar-refractivity contribution in [1.29, 1.82) is 0 Å². The van der Waals surface area contributed by atoms with Gasteiger partial charge in [0.15, 0.2) is 0 Å². The quantitative estimate of drug-likeness (QED) is 0.624. The molecule has 0 radical (unpaired) electrons. The Morgan fingerprint density at radius 1 is 1.58 bits per heavy atom. The first-order valence-electron chi connectivity index (χ1n) is 6.28. The third-order valence-corrected chi connectivity index (χ3v) is 3.47. The lowest BCUT2D eigenvalue weighted by Gasteiger charge is -2.35. The normalized spacial score (nSPS) is 22.2. The third kappa shape index (κ3) is 3.08. The van der Waals surface area contributed by atoms with Crippen LogP contribution in [-0.4, -0.2) is 35.6 Å². The second-order valence-electron chi connectivity index (χ2n) is 4.82. The van der Waals surface area contributed by atoms with Gasteiger partial charge in [-0.1, -0.05) is 0 Å². The summed E-state index contributed by atoms with van der Waals surface area (Å²) in [6.07, 6.45) is 0.123.